The van der Waals surface area contributed by atoms with E-state index in [-0.39, 0.29) is 11.4 Å². The standard InChI is InChI=1S/C17H20N2O4/c20-14-9-13-12-2-1-3-18-16(12)17(21)23-15(13)8-11(14)10-19-4-6-22-7-5-19/h8-9,18,20H,1-7,10H2. The van der Waals surface area contributed by atoms with Crippen molar-refractivity contribution in [3.05, 3.63) is 33.7 Å². The lowest BCUT2D eigenvalue weighted by Crippen LogP contribution is -2.35. The lowest BCUT2D eigenvalue weighted by Gasteiger charge is -2.27. The van der Waals surface area contributed by atoms with Crippen molar-refractivity contribution in [2.45, 2.75) is 19.4 Å². The van der Waals surface area contributed by atoms with Crippen LogP contribution in [0.5, 0.6) is 5.75 Å². The lowest BCUT2D eigenvalue weighted by molar-refractivity contribution is 0.0339. The van der Waals surface area contributed by atoms with Gasteiger partial charge in [-0.05, 0) is 30.5 Å². The molecule has 1 saturated heterocycles. The number of ether oxygens (including phenoxy) is 1. The van der Waals surface area contributed by atoms with Crippen molar-refractivity contribution in [3.8, 4) is 5.75 Å². The van der Waals surface area contributed by atoms with Crippen LogP contribution in [0.1, 0.15) is 17.5 Å². The van der Waals surface area contributed by atoms with Crippen LogP contribution < -0.4 is 10.9 Å². The van der Waals surface area contributed by atoms with Crippen LogP contribution in [-0.2, 0) is 17.7 Å². The second kappa shape index (κ2) is 5.86. The van der Waals surface area contributed by atoms with Gasteiger partial charge in [0.15, 0.2) is 0 Å². The Hall–Kier alpha value is -2.05. The molecule has 2 aliphatic rings. The Balaban J connectivity index is 1.76. The monoisotopic (exact) mass is 316 g/mol. The molecule has 4 rings (SSSR count). The molecule has 3 heterocycles. The molecule has 0 radical (unpaired) electrons. The van der Waals surface area contributed by atoms with Crippen molar-refractivity contribution < 1.29 is 14.3 Å². The minimum atomic E-state index is -0.324. The number of benzene rings is 1. The van der Waals surface area contributed by atoms with Gasteiger partial charge < -0.3 is 19.6 Å². The second-order valence-electron chi connectivity index (χ2n) is 6.14. The average Bonchev–Trinajstić information content (AvgIpc) is 2.58. The Labute approximate surface area is 133 Å². The average molecular weight is 316 g/mol. The van der Waals surface area contributed by atoms with Crippen LogP contribution in [0.15, 0.2) is 21.3 Å². The van der Waals surface area contributed by atoms with Gasteiger partial charge >= 0.3 is 5.63 Å². The minimum Gasteiger partial charge on any atom is -0.508 e. The topological polar surface area (TPSA) is 74.9 Å². The highest BCUT2D eigenvalue weighted by molar-refractivity contribution is 5.87. The van der Waals surface area contributed by atoms with E-state index in [0.29, 0.717) is 31.0 Å². The smallest absolute Gasteiger partial charge is 0.360 e. The third-order valence-corrected chi connectivity index (χ3v) is 4.62. The molecule has 2 N–H and O–H groups in total. The van der Waals surface area contributed by atoms with Crippen molar-refractivity contribution in [2.75, 3.05) is 38.2 Å². The van der Waals surface area contributed by atoms with Gasteiger partial charge in [0.05, 0.1) is 13.2 Å². The van der Waals surface area contributed by atoms with E-state index in [0.717, 1.165) is 49.0 Å². The molecule has 0 amide bonds. The first kappa shape index (κ1) is 14.5. The van der Waals surface area contributed by atoms with Gasteiger partial charge in [0.2, 0.25) is 0 Å². The highest BCUT2D eigenvalue weighted by Crippen LogP contribution is 2.32. The number of aryl methyl sites for hydroxylation is 1. The Morgan fingerprint density at radius 3 is 2.91 bits per heavy atom. The molecule has 0 atom stereocenters. The summed E-state index contributed by atoms with van der Waals surface area (Å²) in [5, 5.41) is 14.4. The number of nitrogens with zero attached hydrogens (tertiary/aromatic N) is 1. The molecule has 1 fully saturated rings. The predicted octanol–water partition coefficient (Wildman–Crippen LogP) is 1.69. The number of aromatic hydroxyl groups is 1. The summed E-state index contributed by atoms with van der Waals surface area (Å²) in [5.41, 5.74) is 2.51. The molecule has 0 spiro atoms. The normalized spacial score (nSPS) is 18.6. The molecule has 0 unspecified atom stereocenters. The molecule has 2 aromatic rings. The molecule has 0 bridgehead atoms. The van der Waals surface area contributed by atoms with Gasteiger partial charge in [-0.2, -0.15) is 0 Å². The van der Waals surface area contributed by atoms with Crippen LogP contribution >= 0.6 is 0 Å². The number of phenolic OH excluding ortho intramolecular Hbond substituents is 1. The number of hydrogen-bond donors (Lipinski definition) is 2. The molecule has 1 aromatic carbocycles. The fourth-order valence-corrected chi connectivity index (χ4v) is 3.38. The second-order valence-corrected chi connectivity index (χ2v) is 6.14. The van der Waals surface area contributed by atoms with E-state index in [2.05, 4.69) is 10.2 Å². The SMILES string of the molecule is O=c1oc2cc(CN3CCOCC3)c(O)cc2c2c1NCCC2. The third-order valence-electron chi connectivity index (χ3n) is 4.62. The molecule has 0 saturated carbocycles. The maximum atomic E-state index is 12.1. The van der Waals surface area contributed by atoms with E-state index >= 15 is 0 Å². The van der Waals surface area contributed by atoms with Gasteiger partial charge in [-0.1, -0.05) is 0 Å². The summed E-state index contributed by atoms with van der Waals surface area (Å²) in [6, 6.07) is 3.54. The first-order valence-electron chi connectivity index (χ1n) is 8.08. The maximum Gasteiger partial charge on any atom is 0.360 e. The van der Waals surface area contributed by atoms with Crippen molar-refractivity contribution in [1.29, 1.82) is 0 Å². The van der Waals surface area contributed by atoms with E-state index in [1.807, 2.05) is 0 Å². The first-order chi connectivity index (χ1) is 11.2. The number of morpholine rings is 1. The Morgan fingerprint density at radius 2 is 2.09 bits per heavy atom. The van der Waals surface area contributed by atoms with Crippen LogP contribution in [0.2, 0.25) is 0 Å². The summed E-state index contributed by atoms with van der Waals surface area (Å²) in [6.45, 7) is 4.52. The largest absolute Gasteiger partial charge is 0.508 e. The number of anilines is 1. The molecule has 0 aliphatic carbocycles. The minimum absolute atomic E-state index is 0.255. The number of nitrogens with one attached hydrogen (secondary N) is 1. The third kappa shape index (κ3) is 2.68. The van der Waals surface area contributed by atoms with Gasteiger partial charge in [-0.15, -0.1) is 0 Å². The van der Waals surface area contributed by atoms with Crippen LogP contribution in [-0.4, -0.2) is 42.9 Å². The number of rotatable bonds is 2. The van der Waals surface area contributed by atoms with E-state index in [1.165, 1.54) is 0 Å². The summed E-state index contributed by atoms with van der Waals surface area (Å²) >= 11 is 0. The molecule has 122 valence electrons. The highest BCUT2D eigenvalue weighted by atomic mass is 16.5. The zero-order valence-corrected chi connectivity index (χ0v) is 12.9. The fourth-order valence-electron chi connectivity index (χ4n) is 3.38. The zero-order chi connectivity index (χ0) is 15.8. The summed E-state index contributed by atoms with van der Waals surface area (Å²) in [7, 11) is 0. The fraction of sp³-hybridized carbons (Fsp3) is 0.471. The molecule has 2 aliphatic heterocycles. The van der Waals surface area contributed by atoms with Crippen molar-refractivity contribution >= 4 is 16.7 Å². The summed E-state index contributed by atoms with van der Waals surface area (Å²) < 4.78 is 10.8. The first-order valence-corrected chi connectivity index (χ1v) is 8.08. The molecule has 6 nitrogen and oxygen atoms in total. The molecule has 6 heteroatoms. The molecular weight excluding hydrogens is 296 g/mol. The summed E-state index contributed by atoms with van der Waals surface area (Å²) in [4.78, 5) is 14.4. The number of fused-ring (bicyclic) bond motifs is 3. The van der Waals surface area contributed by atoms with Gasteiger partial charge in [0, 0.05) is 37.1 Å². The Morgan fingerprint density at radius 1 is 1.26 bits per heavy atom. The van der Waals surface area contributed by atoms with E-state index < -0.39 is 0 Å². The van der Waals surface area contributed by atoms with Gasteiger partial charge in [0.25, 0.3) is 0 Å². The van der Waals surface area contributed by atoms with Crippen LogP contribution in [0.4, 0.5) is 5.69 Å². The van der Waals surface area contributed by atoms with Crippen LogP contribution in [0, 0.1) is 0 Å². The van der Waals surface area contributed by atoms with Gasteiger partial charge in [-0.25, -0.2) is 4.79 Å². The van der Waals surface area contributed by atoms with Crippen molar-refractivity contribution in [1.82, 2.24) is 4.90 Å². The zero-order valence-electron chi connectivity index (χ0n) is 12.9. The summed E-state index contributed by atoms with van der Waals surface area (Å²) in [5.74, 6) is 0.255. The Kier molecular flexibility index (Phi) is 3.71. The van der Waals surface area contributed by atoms with Gasteiger partial charge in [0.1, 0.15) is 17.0 Å². The molecular formula is C17H20N2O4. The van der Waals surface area contributed by atoms with E-state index in [1.54, 1.807) is 12.1 Å². The number of hydrogen-bond acceptors (Lipinski definition) is 6. The maximum absolute atomic E-state index is 12.1. The van der Waals surface area contributed by atoms with E-state index in [9.17, 15) is 9.90 Å². The molecule has 1 aromatic heterocycles. The summed E-state index contributed by atoms with van der Waals surface area (Å²) in [6.07, 6.45) is 1.80. The predicted molar refractivity (Wildman–Crippen MR) is 87.1 cm³/mol. The van der Waals surface area contributed by atoms with Crippen molar-refractivity contribution in [3.63, 3.8) is 0 Å². The lowest BCUT2D eigenvalue weighted by atomic mass is 9.99. The van der Waals surface area contributed by atoms with Crippen LogP contribution in [0.25, 0.3) is 11.0 Å². The Bertz CT molecular complexity index is 793. The van der Waals surface area contributed by atoms with Gasteiger partial charge in [-0.3, -0.25) is 4.90 Å². The molecule has 23 heavy (non-hydrogen) atoms. The number of phenols is 1. The quantitative estimate of drug-likeness (QED) is 0.821. The van der Waals surface area contributed by atoms with Crippen LogP contribution in [0.3, 0.4) is 0 Å². The van der Waals surface area contributed by atoms with Crippen molar-refractivity contribution in [2.24, 2.45) is 0 Å². The highest BCUT2D eigenvalue weighted by Gasteiger charge is 2.20. The van der Waals surface area contributed by atoms with E-state index in [4.69, 9.17) is 9.15 Å².